The van der Waals surface area contributed by atoms with E-state index in [1.54, 1.807) is 6.33 Å². The molecule has 2 aromatic heterocycles. The zero-order valence-corrected chi connectivity index (χ0v) is 11.0. The van der Waals surface area contributed by atoms with Gasteiger partial charge in [-0.05, 0) is 25.5 Å². The van der Waals surface area contributed by atoms with Crippen molar-refractivity contribution in [3.8, 4) is 0 Å². The highest BCUT2D eigenvalue weighted by Crippen LogP contribution is 2.19. The number of pyridine rings is 1. The van der Waals surface area contributed by atoms with Crippen molar-refractivity contribution in [2.24, 2.45) is 0 Å². The molecular weight excluding hydrogens is 238 g/mol. The first kappa shape index (κ1) is 11.9. The van der Waals surface area contributed by atoms with Crippen LogP contribution in [-0.2, 0) is 0 Å². The van der Waals surface area contributed by atoms with E-state index in [-0.39, 0.29) is 0 Å². The lowest BCUT2D eigenvalue weighted by molar-refractivity contribution is 0.797. The summed E-state index contributed by atoms with van der Waals surface area (Å²) in [6, 6.07) is 8.41. The molecule has 1 unspecified atom stereocenters. The maximum atomic E-state index is 4.39. The minimum atomic E-state index is 0.413. The first-order chi connectivity index (χ1) is 9.31. The summed E-state index contributed by atoms with van der Waals surface area (Å²) in [7, 11) is 0. The van der Waals surface area contributed by atoms with Crippen LogP contribution in [0.5, 0.6) is 0 Å². The lowest BCUT2D eigenvalue weighted by Crippen LogP contribution is -2.26. The van der Waals surface area contributed by atoms with Gasteiger partial charge in [0.15, 0.2) is 0 Å². The number of nitrogens with one attached hydrogen (secondary N) is 1. The van der Waals surface area contributed by atoms with Crippen LogP contribution in [0.2, 0.25) is 0 Å². The lowest BCUT2D eigenvalue weighted by Gasteiger charge is -2.18. The Hall–Kier alpha value is -2.17. The van der Waals surface area contributed by atoms with E-state index in [2.05, 4.69) is 31.2 Å². The van der Waals surface area contributed by atoms with E-state index in [1.165, 1.54) is 0 Å². The third kappa shape index (κ3) is 2.81. The topological polar surface area (TPSA) is 53.9 Å². The number of nitrogens with zero attached hydrogens (tertiary/aromatic N) is 4. The Morgan fingerprint density at radius 1 is 1.26 bits per heavy atom. The van der Waals surface area contributed by atoms with Gasteiger partial charge in [-0.1, -0.05) is 6.07 Å². The van der Waals surface area contributed by atoms with Gasteiger partial charge in [0.2, 0.25) is 0 Å². The summed E-state index contributed by atoms with van der Waals surface area (Å²) < 4.78 is 0. The number of anilines is 2. The van der Waals surface area contributed by atoms with Crippen molar-refractivity contribution in [1.82, 2.24) is 15.0 Å². The molecule has 1 fully saturated rings. The Balaban J connectivity index is 1.63. The molecule has 2 aromatic rings. The molecule has 0 aromatic carbocycles. The molecule has 1 saturated heterocycles. The van der Waals surface area contributed by atoms with Crippen LogP contribution in [-0.4, -0.2) is 34.1 Å². The number of hydrogen-bond acceptors (Lipinski definition) is 5. The zero-order chi connectivity index (χ0) is 13.1. The molecular formula is C14H17N5. The lowest BCUT2D eigenvalue weighted by atomic mass is 10.2. The van der Waals surface area contributed by atoms with Crippen molar-refractivity contribution in [3.63, 3.8) is 0 Å². The third-order valence-corrected chi connectivity index (χ3v) is 3.32. The van der Waals surface area contributed by atoms with Crippen LogP contribution in [0.3, 0.4) is 0 Å². The van der Waals surface area contributed by atoms with E-state index in [0.29, 0.717) is 6.04 Å². The van der Waals surface area contributed by atoms with Gasteiger partial charge < -0.3 is 10.2 Å². The molecule has 0 saturated carbocycles. The third-order valence-electron chi connectivity index (χ3n) is 3.32. The monoisotopic (exact) mass is 255 g/mol. The maximum absolute atomic E-state index is 4.39. The van der Waals surface area contributed by atoms with Gasteiger partial charge in [0.25, 0.3) is 0 Å². The summed E-state index contributed by atoms with van der Waals surface area (Å²) in [6.45, 7) is 3.96. The van der Waals surface area contributed by atoms with Crippen LogP contribution in [0.15, 0.2) is 36.8 Å². The average molecular weight is 255 g/mol. The van der Waals surface area contributed by atoms with Gasteiger partial charge in [-0.2, -0.15) is 0 Å². The SMILES string of the molecule is Cc1cc(NC2CCN(c3ccccn3)C2)ncn1. The van der Waals surface area contributed by atoms with Crippen molar-refractivity contribution in [2.45, 2.75) is 19.4 Å². The van der Waals surface area contributed by atoms with Gasteiger partial charge >= 0.3 is 0 Å². The van der Waals surface area contributed by atoms with Gasteiger partial charge in [0.1, 0.15) is 18.0 Å². The van der Waals surface area contributed by atoms with E-state index in [0.717, 1.165) is 36.8 Å². The van der Waals surface area contributed by atoms with Crippen molar-refractivity contribution in [3.05, 3.63) is 42.5 Å². The summed E-state index contributed by atoms with van der Waals surface area (Å²) in [4.78, 5) is 15.0. The van der Waals surface area contributed by atoms with Crippen LogP contribution >= 0.6 is 0 Å². The normalized spacial score (nSPS) is 18.6. The van der Waals surface area contributed by atoms with Crippen molar-refractivity contribution < 1.29 is 0 Å². The van der Waals surface area contributed by atoms with E-state index in [4.69, 9.17) is 0 Å². The maximum Gasteiger partial charge on any atom is 0.129 e. The van der Waals surface area contributed by atoms with Gasteiger partial charge in [-0.3, -0.25) is 0 Å². The van der Waals surface area contributed by atoms with Crippen LogP contribution in [0.25, 0.3) is 0 Å². The number of aromatic nitrogens is 3. The second-order valence-electron chi connectivity index (χ2n) is 4.81. The van der Waals surface area contributed by atoms with Crippen LogP contribution in [0.1, 0.15) is 12.1 Å². The zero-order valence-electron chi connectivity index (χ0n) is 11.0. The van der Waals surface area contributed by atoms with Crippen molar-refractivity contribution >= 4 is 11.6 Å². The quantitative estimate of drug-likeness (QED) is 0.907. The number of aryl methyl sites for hydroxylation is 1. The minimum absolute atomic E-state index is 0.413. The second-order valence-corrected chi connectivity index (χ2v) is 4.81. The predicted molar refractivity (Wildman–Crippen MR) is 75.2 cm³/mol. The van der Waals surface area contributed by atoms with Gasteiger partial charge in [-0.15, -0.1) is 0 Å². The Labute approximate surface area is 112 Å². The Bertz CT molecular complexity index is 543. The molecule has 3 rings (SSSR count). The number of hydrogen-bond donors (Lipinski definition) is 1. The fourth-order valence-corrected chi connectivity index (χ4v) is 2.37. The molecule has 0 aliphatic carbocycles. The van der Waals surface area contributed by atoms with Gasteiger partial charge in [-0.25, -0.2) is 15.0 Å². The predicted octanol–water partition coefficient (Wildman–Crippen LogP) is 1.87. The smallest absolute Gasteiger partial charge is 0.129 e. The van der Waals surface area contributed by atoms with Crippen molar-refractivity contribution in [1.29, 1.82) is 0 Å². The molecule has 0 bridgehead atoms. The fourth-order valence-electron chi connectivity index (χ4n) is 2.37. The van der Waals surface area contributed by atoms with Crippen LogP contribution in [0.4, 0.5) is 11.6 Å². The highest BCUT2D eigenvalue weighted by molar-refractivity contribution is 5.42. The molecule has 3 heterocycles. The summed E-state index contributed by atoms with van der Waals surface area (Å²) in [5.74, 6) is 1.95. The molecule has 1 atom stereocenters. The molecule has 1 aliphatic rings. The molecule has 98 valence electrons. The standard InChI is InChI=1S/C14H17N5/c1-11-8-13(17-10-16-11)18-12-5-7-19(9-12)14-4-2-3-6-15-14/h2-4,6,8,10,12H,5,7,9H2,1H3,(H,16,17,18). The minimum Gasteiger partial charge on any atom is -0.365 e. The number of rotatable bonds is 3. The molecule has 1 aliphatic heterocycles. The molecule has 5 heteroatoms. The van der Waals surface area contributed by atoms with Gasteiger partial charge in [0.05, 0.1) is 0 Å². The summed E-state index contributed by atoms with van der Waals surface area (Å²) in [5, 5.41) is 3.46. The van der Waals surface area contributed by atoms with Crippen LogP contribution in [0, 0.1) is 6.92 Å². The van der Waals surface area contributed by atoms with E-state index < -0.39 is 0 Å². The van der Waals surface area contributed by atoms with Crippen LogP contribution < -0.4 is 10.2 Å². The Morgan fingerprint density at radius 3 is 3.00 bits per heavy atom. The molecule has 0 spiro atoms. The molecule has 0 radical (unpaired) electrons. The Morgan fingerprint density at radius 2 is 2.21 bits per heavy atom. The first-order valence-corrected chi connectivity index (χ1v) is 6.52. The fraction of sp³-hybridized carbons (Fsp3) is 0.357. The highest BCUT2D eigenvalue weighted by atomic mass is 15.2. The summed E-state index contributed by atoms with van der Waals surface area (Å²) >= 11 is 0. The summed E-state index contributed by atoms with van der Waals surface area (Å²) in [6.07, 6.45) is 4.53. The molecule has 1 N–H and O–H groups in total. The average Bonchev–Trinajstić information content (AvgIpc) is 2.88. The Kier molecular flexibility index (Phi) is 3.27. The first-order valence-electron chi connectivity index (χ1n) is 6.52. The van der Waals surface area contributed by atoms with E-state index in [1.807, 2.05) is 31.3 Å². The van der Waals surface area contributed by atoms with E-state index in [9.17, 15) is 0 Å². The summed E-state index contributed by atoms with van der Waals surface area (Å²) in [5.41, 5.74) is 0.983. The van der Waals surface area contributed by atoms with Gasteiger partial charge in [0, 0.05) is 37.1 Å². The molecule has 5 nitrogen and oxygen atoms in total. The largest absolute Gasteiger partial charge is 0.365 e. The second kappa shape index (κ2) is 5.22. The molecule has 0 amide bonds. The molecule has 19 heavy (non-hydrogen) atoms. The van der Waals surface area contributed by atoms with E-state index >= 15 is 0 Å². The highest BCUT2D eigenvalue weighted by Gasteiger charge is 2.23. The van der Waals surface area contributed by atoms with Crippen molar-refractivity contribution in [2.75, 3.05) is 23.3 Å².